The van der Waals surface area contributed by atoms with E-state index in [1.54, 1.807) is 22.7 Å². The molecule has 0 aliphatic rings. The fourth-order valence-electron chi connectivity index (χ4n) is 1.98. The second-order valence-corrected chi connectivity index (χ2v) is 7.70. The minimum absolute atomic E-state index is 0.109. The van der Waals surface area contributed by atoms with Crippen LogP contribution in [0.15, 0.2) is 22.0 Å². The van der Waals surface area contributed by atoms with Crippen LogP contribution in [-0.2, 0) is 13.0 Å². The number of thiophene rings is 2. The average Bonchev–Trinajstić information content (AvgIpc) is 3.06. The molecular formula is C13H14BrN5S2. The summed E-state index contributed by atoms with van der Waals surface area (Å²) in [7, 11) is 0. The van der Waals surface area contributed by atoms with Gasteiger partial charge in [-0.2, -0.15) is 0 Å². The number of nitrogens with one attached hydrogen (secondary N) is 1. The van der Waals surface area contributed by atoms with Gasteiger partial charge in [0.1, 0.15) is 10.2 Å². The van der Waals surface area contributed by atoms with Crippen molar-refractivity contribution >= 4 is 54.6 Å². The molecule has 0 aromatic carbocycles. The van der Waals surface area contributed by atoms with Crippen LogP contribution in [-0.4, -0.2) is 21.5 Å². The molecular weight excluding hydrogens is 370 g/mol. The molecule has 3 rings (SSSR count). The molecule has 3 N–H and O–H groups in total. The Morgan fingerprint density at radius 1 is 1.43 bits per heavy atom. The number of anilines is 1. The quantitative estimate of drug-likeness (QED) is 0.705. The standard InChI is InChI=1S/C13H14BrN5S2/c1-7(15)5-9-10(14)11-12(21-9)13(18-19-17-11)16-6-8-3-2-4-20-8/h2-4,7H,5-6,15H2,1H3,(H,16,17,18)/t7-/m0/s1. The van der Waals surface area contributed by atoms with Gasteiger partial charge in [-0.05, 0) is 45.9 Å². The first kappa shape index (κ1) is 14.8. The Labute approximate surface area is 138 Å². The molecule has 3 heterocycles. The number of halogens is 1. The first-order valence-electron chi connectivity index (χ1n) is 6.47. The first-order chi connectivity index (χ1) is 10.1. The minimum Gasteiger partial charge on any atom is -0.362 e. The van der Waals surface area contributed by atoms with Crippen molar-refractivity contribution in [2.75, 3.05) is 5.32 Å². The van der Waals surface area contributed by atoms with Gasteiger partial charge in [0.15, 0.2) is 5.82 Å². The Balaban J connectivity index is 1.91. The molecule has 21 heavy (non-hydrogen) atoms. The molecule has 0 aliphatic carbocycles. The third-order valence-electron chi connectivity index (χ3n) is 2.92. The summed E-state index contributed by atoms with van der Waals surface area (Å²) in [5.74, 6) is 0.773. The van der Waals surface area contributed by atoms with Crippen LogP contribution >= 0.6 is 38.6 Å². The van der Waals surface area contributed by atoms with E-state index >= 15 is 0 Å². The van der Waals surface area contributed by atoms with Gasteiger partial charge >= 0.3 is 0 Å². The molecule has 0 bridgehead atoms. The third-order valence-corrected chi connectivity index (χ3v) is 6.12. The zero-order chi connectivity index (χ0) is 14.8. The second kappa shape index (κ2) is 6.35. The summed E-state index contributed by atoms with van der Waals surface area (Å²) >= 11 is 6.98. The fourth-order valence-corrected chi connectivity index (χ4v) is 4.66. The average molecular weight is 384 g/mol. The zero-order valence-corrected chi connectivity index (χ0v) is 14.6. The SMILES string of the molecule is C[C@H](N)Cc1sc2c(NCc3cccs3)nnnc2c1Br. The Hall–Kier alpha value is -1.09. The number of nitrogens with two attached hydrogens (primary N) is 1. The van der Waals surface area contributed by atoms with Gasteiger partial charge in [-0.25, -0.2) is 0 Å². The maximum atomic E-state index is 5.90. The Morgan fingerprint density at radius 2 is 2.29 bits per heavy atom. The normalized spacial score (nSPS) is 12.7. The highest BCUT2D eigenvalue weighted by atomic mass is 79.9. The van der Waals surface area contributed by atoms with Crippen LogP contribution in [0.5, 0.6) is 0 Å². The van der Waals surface area contributed by atoms with E-state index in [0.717, 1.165) is 33.5 Å². The van der Waals surface area contributed by atoms with E-state index in [0.29, 0.717) is 0 Å². The summed E-state index contributed by atoms with van der Waals surface area (Å²) in [4.78, 5) is 2.44. The van der Waals surface area contributed by atoms with E-state index in [9.17, 15) is 0 Å². The molecule has 0 radical (unpaired) electrons. The van der Waals surface area contributed by atoms with Crippen molar-refractivity contribution in [1.29, 1.82) is 0 Å². The number of aromatic nitrogens is 3. The molecule has 0 amide bonds. The van der Waals surface area contributed by atoms with Crippen LogP contribution in [0.1, 0.15) is 16.7 Å². The third kappa shape index (κ3) is 3.23. The maximum Gasteiger partial charge on any atom is 0.170 e. The number of rotatable bonds is 5. The fraction of sp³-hybridized carbons (Fsp3) is 0.308. The number of fused-ring (bicyclic) bond motifs is 1. The highest BCUT2D eigenvalue weighted by molar-refractivity contribution is 9.10. The van der Waals surface area contributed by atoms with Crippen molar-refractivity contribution in [3.63, 3.8) is 0 Å². The number of nitrogens with zero attached hydrogens (tertiary/aromatic N) is 3. The first-order valence-corrected chi connectivity index (χ1v) is 8.96. The Kier molecular flexibility index (Phi) is 4.48. The van der Waals surface area contributed by atoms with Crippen molar-refractivity contribution in [3.8, 4) is 0 Å². The summed E-state index contributed by atoms with van der Waals surface area (Å²) in [6.07, 6.45) is 0.811. The van der Waals surface area contributed by atoms with E-state index in [4.69, 9.17) is 5.73 Å². The van der Waals surface area contributed by atoms with E-state index < -0.39 is 0 Å². The molecule has 0 unspecified atom stereocenters. The van der Waals surface area contributed by atoms with E-state index in [1.165, 1.54) is 9.75 Å². The Morgan fingerprint density at radius 3 is 3.00 bits per heavy atom. The van der Waals surface area contributed by atoms with E-state index in [-0.39, 0.29) is 6.04 Å². The van der Waals surface area contributed by atoms with Crippen molar-refractivity contribution < 1.29 is 0 Å². The molecule has 0 saturated carbocycles. The lowest BCUT2D eigenvalue weighted by Gasteiger charge is -2.03. The van der Waals surface area contributed by atoms with Crippen molar-refractivity contribution in [2.45, 2.75) is 25.9 Å². The van der Waals surface area contributed by atoms with Crippen LogP contribution < -0.4 is 11.1 Å². The van der Waals surface area contributed by atoms with Crippen LogP contribution in [0, 0.1) is 0 Å². The molecule has 0 spiro atoms. The summed E-state index contributed by atoms with van der Waals surface area (Å²) in [5, 5.41) is 17.5. The Bertz CT molecular complexity index is 738. The smallest absolute Gasteiger partial charge is 0.170 e. The van der Waals surface area contributed by atoms with E-state index in [2.05, 4.69) is 48.1 Å². The van der Waals surface area contributed by atoms with Crippen molar-refractivity contribution in [1.82, 2.24) is 15.4 Å². The zero-order valence-electron chi connectivity index (χ0n) is 11.3. The molecule has 0 aliphatic heterocycles. The molecule has 3 aromatic heterocycles. The predicted molar refractivity (Wildman–Crippen MR) is 91.9 cm³/mol. The van der Waals surface area contributed by atoms with E-state index in [1.807, 2.05) is 13.0 Å². The highest BCUT2D eigenvalue weighted by Crippen LogP contribution is 2.37. The lowest BCUT2D eigenvalue weighted by Crippen LogP contribution is -2.17. The molecule has 1 atom stereocenters. The van der Waals surface area contributed by atoms with Gasteiger partial charge in [0.05, 0.1) is 11.0 Å². The lowest BCUT2D eigenvalue weighted by molar-refractivity contribution is 0.745. The maximum absolute atomic E-state index is 5.90. The number of hydrogen-bond acceptors (Lipinski definition) is 7. The van der Waals surface area contributed by atoms with Crippen LogP contribution in [0.25, 0.3) is 10.2 Å². The van der Waals surface area contributed by atoms with Gasteiger partial charge in [-0.1, -0.05) is 6.07 Å². The monoisotopic (exact) mass is 383 g/mol. The molecule has 110 valence electrons. The van der Waals surface area contributed by atoms with Crippen LogP contribution in [0.4, 0.5) is 5.82 Å². The van der Waals surface area contributed by atoms with Gasteiger partial charge in [0.25, 0.3) is 0 Å². The topological polar surface area (TPSA) is 76.7 Å². The van der Waals surface area contributed by atoms with Gasteiger partial charge in [-0.3, -0.25) is 0 Å². The molecule has 0 fully saturated rings. The summed E-state index contributed by atoms with van der Waals surface area (Å²) in [6.45, 7) is 2.74. The number of hydrogen-bond donors (Lipinski definition) is 2. The largest absolute Gasteiger partial charge is 0.362 e. The van der Waals surface area contributed by atoms with Gasteiger partial charge in [0, 0.05) is 15.8 Å². The van der Waals surface area contributed by atoms with Crippen molar-refractivity contribution in [3.05, 3.63) is 31.7 Å². The lowest BCUT2D eigenvalue weighted by atomic mass is 10.2. The minimum atomic E-state index is 0.109. The van der Waals surface area contributed by atoms with Gasteiger partial charge < -0.3 is 11.1 Å². The van der Waals surface area contributed by atoms with Gasteiger partial charge in [-0.15, -0.1) is 32.9 Å². The van der Waals surface area contributed by atoms with Crippen LogP contribution in [0.2, 0.25) is 0 Å². The van der Waals surface area contributed by atoms with Crippen LogP contribution in [0.3, 0.4) is 0 Å². The summed E-state index contributed by atoms with van der Waals surface area (Å²) in [6, 6.07) is 4.24. The molecule has 5 nitrogen and oxygen atoms in total. The van der Waals surface area contributed by atoms with Gasteiger partial charge in [0.2, 0.25) is 0 Å². The molecule has 8 heteroatoms. The molecule has 0 saturated heterocycles. The second-order valence-electron chi connectivity index (χ2n) is 4.77. The predicted octanol–water partition coefficient (Wildman–Crippen LogP) is 3.41. The van der Waals surface area contributed by atoms with Crippen molar-refractivity contribution in [2.24, 2.45) is 5.73 Å². The molecule has 3 aromatic rings. The highest BCUT2D eigenvalue weighted by Gasteiger charge is 2.16. The summed E-state index contributed by atoms with van der Waals surface area (Å²) in [5.41, 5.74) is 6.74. The summed E-state index contributed by atoms with van der Waals surface area (Å²) < 4.78 is 2.00.